The highest BCUT2D eigenvalue weighted by molar-refractivity contribution is 7.90. The Labute approximate surface area is 163 Å². The second-order valence-corrected chi connectivity index (χ2v) is 9.05. The molecule has 3 rings (SSSR count). The number of carbonyl (C=O) groups is 1. The van der Waals surface area contributed by atoms with Gasteiger partial charge in [0.25, 0.3) is 5.91 Å². The van der Waals surface area contributed by atoms with Crippen molar-refractivity contribution in [1.82, 2.24) is 5.32 Å². The van der Waals surface area contributed by atoms with E-state index in [0.717, 1.165) is 31.3 Å². The van der Waals surface area contributed by atoms with Crippen LogP contribution in [0.3, 0.4) is 0 Å². The molecule has 1 heterocycles. The minimum absolute atomic E-state index is 0.0677. The molecule has 1 aliphatic heterocycles. The molecule has 8 heteroatoms. The molecule has 0 saturated carbocycles. The standard InChI is InChI=1S/C19H20ClFN2O3S/c1-27(25,26)18-10-13(7-8-17(18)20)19(24)22-15-5-3-9-23(12-15)16-6-2-4-14(21)11-16/h2,4,6-8,10-11,15H,3,5,9,12H2,1H3,(H,22,24). The van der Waals surface area contributed by atoms with Gasteiger partial charge < -0.3 is 10.2 Å². The van der Waals surface area contributed by atoms with Gasteiger partial charge in [0, 0.05) is 36.6 Å². The van der Waals surface area contributed by atoms with E-state index in [9.17, 15) is 17.6 Å². The van der Waals surface area contributed by atoms with Crippen LogP contribution in [-0.4, -0.2) is 39.7 Å². The molecule has 1 unspecified atom stereocenters. The first-order chi connectivity index (χ1) is 12.7. The Kier molecular flexibility index (Phi) is 5.72. The van der Waals surface area contributed by atoms with Gasteiger partial charge in [-0.2, -0.15) is 0 Å². The molecule has 1 saturated heterocycles. The number of rotatable bonds is 4. The van der Waals surface area contributed by atoms with E-state index in [4.69, 9.17) is 11.6 Å². The van der Waals surface area contributed by atoms with Crippen LogP contribution in [0.1, 0.15) is 23.2 Å². The minimum atomic E-state index is -3.53. The van der Waals surface area contributed by atoms with E-state index in [1.165, 1.54) is 30.3 Å². The highest BCUT2D eigenvalue weighted by Gasteiger charge is 2.23. The smallest absolute Gasteiger partial charge is 0.251 e. The highest BCUT2D eigenvalue weighted by Crippen LogP contribution is 2.24. The van der Waals surface area contributed by atoms with Crippen LogP contribution in [0.4, 0.5) is 10.1 Å². The predicted molar refractivity (Wildman–Crippen MR) is 104 cm³/mol. The fraction of sp³-hybridized carbons (Fsp3) is 0.316. The Morgan fingerprint density at radius 3 is 2.74 bits per heavy atom. The van der Waals surface area contributed by atoms with Crippen molar-refractivity contribution in [3.05, 3.63) is 58.9 Å². The van der Waals surface area contributed by atoms with Crippen molar-refractivity contribution in [3.8, 4) is 0 Å². The van der Waals surface area contributed by atoms with E-state index in [0.29, 0.717) is 6.54 Å². The number of hydrogen-bond acceptors (Lipinski definition) is 4. The van der Waals surface area contributed by atoms with Gasteiger partial charge in [0.15, 0.2) is 9.84 Å². The lowest BCUT2D eigenvalue weighted by atomic mass is 10.0. The Morgan fingerprint density at radius 2 is 2.04 bits per heavy atom. The van der Waals surface area contributed by atoms with Crippen molar-refractivity contribution in [1.29, 1.82) is 0 Å². The van der Waals surface area contributed by atoms with Gasteiger partial charge in [-0.1, -0.05) is 17.7 Å². The molecular formula is C19H20ClFN2O3S. The van der Waals surface area contributed by atoms with Crippen LogP contribution in [0.15, 0.2) is 47.4 Å². The van der Waals surface area contributed by atoms with Crippen LogP contribution in [0.2, 0.25) is 5.02 Å². The zero-order valence-corrected chi connectivity index (χ0v) is 16.4. The van der Waals surface area contributed by atoms with Crippen molar-refractivity contribution >= 4 is 33.0 Å². The molecule has 2 aromatic rings. The molecule has 144 valence electrons. The lowest BCUT2D eigenvalue weighted by Crippen LogP contribution is -2.47. The number of sulfone groups is 1. The van der Waals surface area contributed by atoms with Crippen molar-refractivity contribution < 1.29 is 17.6 Å². The summed E-state index contributed by atoms with van der Waals surface area (Å²) in [5.74, 6) is -0.657. The van der Waals surface area contributed by atoms with Gasteiger partial charge in [-0.15, -0.1) is 0 Å². The number of halogens is 2. The molecule has 0 radical (unpaired) electrons. The first-order valence-electron chi connectivity index (χ1n) is 8.55. The lowest BCUT2D eigenvalue weighted by Gasteiger charge is -2.34. The Hall–Kier alpha value is -2.12. The molecule has 1 amide bonds. The zero-order chi connectivity index (χ0) is 19.6. The molecular weight excluding hydrogens is 391 g/mol. The summed E-state index contributed by atoms with van der Waals surface area (Å²) < 4.78 is 37.0. The number of hydrogen-bond donors (Lipinski definition) is 1. The predicted octanol–water partition coefficient (Wildman–Crippen LogP) is 3.28. The molecule has 27 heavy (non-hydrogen) atoms. The molecule has 0 spiro atoms. The van der Waals surface area contributed by atoms with E-state index in [2.05, 4.69) is 5.32 Å². The summed E-state index contributed by atoms with van der Waals surface area (Å²) in [6.07, 6.45) is 2.70. The maximum Gasteiger partial charge on any atom is 0.251 e. The molecule has 1 fully saturated rings. The third-order valence-corrected chi connectivity index (χ3v) is 6.10. The van der Waals surface area contributed by atoms with Gasteiger partial charge >= 0.3 is 0 Å². The summed E-state index contributed by atoms with van der Waals surface area (Å²) in [7, 11) is -3.53. The minimum Gasteiger partial charge on any atom is -0.369 e. The maximum absolute atomic E-state index is 13.5. The van der Waals surface area contributed by atoms with Crippen molar-refractivity contribution in [2.75, 3.05) is 24.2 Å². The second kappa shape index (κ2) is 7.86. The molecule has 1 atom stereocenters. The van der Waals surface area contributed by atoms with Crippen molar-refractivity contribution in [2.45, 2.75) is 23.8 Å². The average Bonchev–Trinajstić information content (AvgIpc) is 2.61. The van der Waals surface area contributed by atoms with E-state index in [1.807, 2.05) is 11.0 Å². The van der Waals surface area contributed by atoms with Gasteiger partial charge in [0.05, 0.1) is 9.92 Å². The number of nitrogens with zero attached hydrogens (tertiary/aromatic N) is 1. The van der Waals surface area contributed by atoms with Gasteiger partial charge in [0.2, 0.25) is 0 Å². The quantitative estimate of drug-likeness (QED) is 0.840. The number of benzene rings is 2. The number of piperidine rings is 1. The first-order valence-corrected chi connectivity index (χ1v) is 10.8. The number of nitrogens with one attached hydrogen (secondary N) is 1. The van der Waals surface area contributed by atoms with Crippen molar-refractivity contribution in [3.63, 3.8) is 0 Å². The fourth-order valence-electron chi connectivity index (χ4n) is 3.20. The van der Waals surface area contributed by atoms with Crippen LogP contribution in [0, 0.1) is 5.82 Å². The van der Waals surface area contributed by atoms with Crippen LogP contribution in [0.5, 0.6) is 0 Å². The third kappa shape index (κ3) is 4.78. The summed E-state index contributed by atoms with van der Waals surface area (Å²) in [6, 6.07) is 10.4. The summed E-state index contributed by atoms with van der Waals surface area (Å²) >= 11 is 5.93. The second-order valence-electron chi connectivity index (χ2n) is 6.66. The summed E-state index contributed by atoms with van der Waals surface area (Å²) in [4.78, 5) is 14.5. The fourth-order valence-corrected chi connectivity index (χ4v) is 4.50. The van der Waals surface area contributed by atoms with E-state index >= 15 is 0 Å². The maximum atomic E-state index is 13.5. The molecule has 0 bridgehead atoms. The Morgan fingerprint density at radius 1 is 1.26 bits per heavy atom. The highest BCUT2D eigenvalue weighted by atomic mass is 35.5. The summed E-state index contributed by atoms with van der Waals surface area (Å²) in [5.41, 5.74) is 1.02. The van der Waals surface area contributed by atoms with Crippen LogP contribution in [0.25, 0.3) is 0 Å². The van der Waals surface area contributed by atoms with Gasteiger partial charge in [-0.25, -0.2) is 12.8 Å². The van der Waals surface area contributed by atoms with Crippen LogP contribution < -0.4 is 10.2 Å². The average molecular weight is 411 g/mol. The Bertz CT molecular complexity index is 965. The summed E-state index contributed by atoms with van der Waals surface area (Å²) in [5, 5.41) is 3.02. The summed E-state index contributed by atoms with van der Waals surface area (Å²) in [6.45, 7) is 1.34. The van der Waals surface area contributed by atoms with E-state index < -0.39 is 9.84 Å². The monoisotopic (exact) mass is 410 g/mol. The van der Waals surface area contributed by atoms with Gasteiger partial charge in [-0.3, -0.25) is 4.79 Å². The Balaban J connectivity index is 1.72. The van der Waals surface area contributed by atoms with E-state index in [1.54, 1.807) is 6.07 Å². The van der Waals surface area contributed by atoms with Crippen molar-refractivity contribution in [2.24, 2.45) is 0 Å². The molecule has 1 aliphatic rings. The normalized spacial score (nSPS) is 17.6. The van der Waals surface area contributed by atoms with E-state index in [-0.39, 0.29) is 33.2 Å². The molecule has 0 aromatic heterocycles. The molecule has 2 aromatic carbocycles. The molecule has 1 N–H and O–H groups in total. The van der Waals surface area contributed by atoms with Crippen LogP contribution in [-0.2, 0) is 9.84 Å². The molecule has 0 aliphatic carbocycles. The zero-order valence-electron chi connectivity index (χ0n) is 14.8. The topological polar surface area (TPSA) is 66.5 Å². The number of amides is 1. The first kappa shape index (κ1) is 19.6. The number of anilines is 1. The van der Waals surface area contributed by atoms with Gasteiger partial charge in [-0.05, 0) is 49.2 Å². The third-order valence-electron chi connectivity index (χ3n) is 4.52. The lowest BCUT2D eigenvalue weighted by molar-refractivity contribution is 0.0933. The number of carbonyl (C=O) groups excluding carboxylic acids is 1. The van der Waals surface area contributed by atoms with Crippen LogP contribution >= 0.6 is 11.6 Å². The molecule has 5 nitrogen and oxygen atoms in total. The SMILES string of the molecule is CS(=O)(=O)c1cc(C(=O)NC2CCCN(c3cccc(F)c3)C2)ccc1Cl. The van der Waals surface area contributed by atoms with Gasteiger partial charge in [0.1, 0.15) is 5.82 Å². The largest absolute Gasteiger partial charge is 0.369 e.